The third-order valence-electron chi connectivity index (χ3n) is 4.81. The van der Waals surface area contributed by atoms with Crippen LogP contribution < -0.4 is 5.32 Å². The molecule has 0 bridgehead atoms. The molecule has 1 nitrogen and oxygen atoms in total. The average molecular weight is 308 g/mol. The highest BCUT2D eigenvalue weighted by atomic mass is 35.5. The second kappa shape index (κ2) is 9.48. The fourth-order valence-electron chi connectivity index (χ4n) is 3.58. The zero-order valence-electron chi connectivity index (χ0n) is 13.4. The van der Waals surface area contributed by atoms with E-state index in [-0.39, 0.29) is 0 Å². The van der Waals surface area contributed by atoms with Crippen LogP contribution in [-0.2, 0) is 6.42 Å². The Labute approximate surface area is 135 Å². The first-order valence-corrected chi connectivity index (χ1v) is 9.12. The van der Waals surface area contributed by atoms with Crippen molar-refractivity contribution in [3.8, 4) is 0 Å². The van der Waals surface area contributed by atoms with Crippen molar-refractivity contribution in [1.29, 1.82) is 0 Å². The van der Waals surface area contributed by atoms with Gasteiger partial charge in [-0.05, 0) is 55.5 Å². The third-order valence-corrected chi connectivity index (χ3v) is 5.06. The fraction of sp³-hybridized carbons (Fsp3) is 0.684. The highest BCUT2D eigenvalue weighted by Gasteiger charge is 2.22. The van der Waals surface area contributed by atoms with E-state index < -0.39 is 0 Å². The van der Waals surface area contributed by atoms with Crippen LogP contribution in [0.15, 0.2) is 24.3 Å². The zero-order chi connectivity index (χ0) is 14.9. The fourth-order valence-corrected chi connectivity index (χ4v) is 3.70. The standard InChI is InChI=1S/C19H30ClN/c1-2-13-21-15-18(17-7-5-3-4-6-8-17)14-16-9-11-19(20)12-10-16/h9-12,17-18,21H,2-8,13-15H2,1H3. The molecule has 0 heterocycles. The number of hydrogen-bond acceptors (Lipinski definition) is 1. The second-order valence-corrected chi connectivity index (χ2v) is 6.98. The summed E-state index contributed by atoms with van der Waals surface area (Å²) in [7, 11) is 0. The van der Waals surface area contributed by atoms with E-state index in [0.717, 1.165) is 23.4 Å². The van der Waals surface area contributed by atoms with E-state index in [0.29, 0.717) is 0 Å². The summed E-state index contributed by atoms with van der Waals surface area (Å²) in [5.41, 5.74) is 1.44. The Morgan fingerprint density at radius 2 is 1.76 bits per heavy atom. The summed E-state index contributed by atoms with van der Waals surface area (Å²) in [4.78, 5) is 0. The third kappa shape index (κ3) is 6.00. The van der Waals surface area contributed by atoms with Crippen molar-refractivity contribution in [2.75, 3.05) is 13.1 Å². The molecule has 1 N–H and O–H groups in total. The van der Waals surface area contributed by atoms with Gasteiger partial charge >= 0.3 is 0 Å². The molecule has 0 spiro atoms. The molecule has 1 aromatic carbocycles. The minimum atomic E-state index is 0.774. The quantitative estimate of drug-likeness (QED) is 0.520. The van der Waals surface area contributed by atoms with E-state index in [9.17, 15) is 0 Å². The average Bonchev–Trinajstić information content (AvgIpc) is 2.78. The van der Waals surface area contributed by atoms with E-state index in [1.165, 1.54) is 63.5 Å². The molecule has 1 aliphatic carbocycles. The number of rotatable bonds is 7. The Morgan fingerprint density at radius 1 is 1.10 bits per heavy atom. The first kappa shape index (κ1) is 16.8. The normalized spacial score (nSPS) is 18.4. The summed E-state index contributed by atoms with van der Waals surface area (Å²) >= 11 is 6.01. The topological polar surface area (TPSA) is 12.0 Å². The van der Waals surface area contributed by atoms with Gasteiger partial charge in [-0.2, -0.15) is 0 Å². The molecule has 2 heteroatoms. The highest BCUT2D eigenvalue weighted by Crippen LogP contribution is 2.31. The van der Waals surface area contributed by atoms with Crippen LogP contribution in [0.2, 0.25) is 5.02 Å². The van der Waals surface area contributed by atoms with Gasteiger partial charge in [0.25, 0.3) is 0 Å². The molecule has 0 radical (unpaired) electrons. The molecule has 0 aliphatic heterocycles. The molecule has 0 saturated heterocycles. The summed E-state index contributed by atoms with van der Waals surface area (Å²) in [6, 6.07) is 8.46. The highest BCUT2D eigenvalue weighted by molar-refractivity contribution is 6.30. The molecule has 21 heavy (non-hydrogen) atoms. The molecule has 1 saturated carbocycles. The van der Waals surface area contributed by atoms with Gasteiger partial charge in [-0.3, -0.25) is 0 Å². The lowest BCUT2D eigenvalue weighted by molar-refractivity contribution is 0.285. The molecule has 0 aromatic heterocycles. The Kier molecular flexibility index (Phi) is 7.60. The van der Waals surface area contributed by atoms with Crippen LogP contribution in [0.25, 0.3) is 0 Å². The first-order chi connectivity index (χ1) is 10.3. The number of halogens is 1. The summed E-state index contributed by atoms with van der Waals surface area (Å²) in [6.45, 7) is 4.55. The Hall–Kier alpha value is -0.530. The van der Waals surface area contributed by atoms with E-state index in [4.69, 9.17) is 11.6 Å². The van der Waals surface area contributed by atoms with Crippen molar-refractivity contribution >= 4 is 11.6 Å². The maximum atomic E-state index is 6.01. The summed E-state index contributed by atoms with van der Waals surface area (Å²) in [5.74, 6) is 1.67. The van der Waals surface area contributed by atoms with Crippen LogP contribution >= 0.6 is 11.6 Å². The van der Waals surface area contributed by atoms with Crippen molar-refractivity contribution in [3.63, 3.8) is 0 Å². The van der Waals surface area contributed by atoms with Crippen LogP contribution in [0.5, 0.6) is 0 Å². The maximum Gasteiger partial charge on any atom is 0.0406 e. The van der Waals surface area contributed by atoms with Crippen molar-refractivity contribution < 1.29 is 0 Å². The van der Waals surface area contributed by atoms with Crippen molar-refractivity contribution in [3.05, 3.63) is 34.9 Å². The van der Waals surface area contributed by atoms with Gasteiger partial charge in [-0.15, -0.1) is 0 Å². The van der Waals surface area contributed by atoms with Crippen molar-refractivity contribution in [2.45, 2.75) is 58.3 Å². The molecule has 1 aliphatic rings. The monoisotopic (exact) mass is 307 g/mol. The van der Waals surface area contributed by atoms with E-state index in [2.05, 4.69) is 24.4 Å². The molecule has 1 aromatic rings. The Balaban J connectivity index is 1.97. The van der Waals surface area contributed by atoms with E-state index in [1.54, 1.807) is 0 Å². The van der Waals surface area contributed by atoms with Gasteiger partial charge in [0, 0.05) is 5.02 Å². The van der Waals surface area contributed by atoms with Crippen LogP contribution in [0, 0.1) is 11.8 Å². The SMILES string of the molecule is CCCNCC(Cc1ccc(Cl)cc1)C1CCCCCC1. The van der Waals surface area contributed by atoms with Crippen molar-refractivity contribution in [1.82, 2.24) is 5.32 Å². The summed E-state index contributed by atoms with van der Waals surface area (Å²) in [6.07, 6.45) is 11.0. The molecule has 1 fully saturated rings. The number of nitrogens with one attached hydrogen (secondary N) is 1. The lowest BCUT2D eigenvalue weighted by atomic mass is 9.82. The van der Waals surface area contributed by atoms with Gasteiger partial charge in [0.2, 0.25) is 0 Å². The van der Waals surface area contributed by atoms with Gasteiger partial charge in [-0.25, -0.2) is 0 Å². The van der Waals surface area contributed by atoms with Gasteiger partial charge in [-0.1, -0.05) is 69.2 Å². The minimum absolute atomic E-state index is 0.774. The van der Waals surface area contributed by atoms with Crippen LogP contribution in [0.1, 0.15) is 57.4 Å². The van der Waals surface area contributed by atoms with Crippen molar-refractivity contribution in [2.24, 2.45) is 11.8 Å². The van der Waals surface area contributed by atoms with E-state index in [1.807, 2.05) is 12.1 Å². The molecule has 1 unspecified atom stereocenters. The summed E-state index contributed by atoms with van der Waals surface area (Å²) in [5, 5.41) is 4.50. The molecular formula is C19H30ClN. The Bertz CT molecular complexity index is 379. The first-order valence-electron chi connectivity index (χ1n) is 8.74. The van der Waals surface area contributed by atoms with Crippen LogP contribution in [0.3, 0.4) is 0 Å². The largest absolute Gasteiger partial charge is 0.316 e. The van der Waals surface area contributed by atoms with E-state index >= 15 is 0 Å². The minimum Gasteiger partial charge on any atom is -0.316 e. The Morgan fingerprint density at radius 3 is 2.38 bits per heavy atom. The van der Waals surface area contributed by atoms with Gasteiger partial charge in [0.1, 0.15) is 0 Å². The number of hydrogen-bond donors (Lipinski definition) is 1. The lowest BCUT2D eigenvalue weighted by Gasteiger charge is -2.27. The van der Waals surface area contributed by atoms with Gasteiger partial charge in [0.15, 0.2) is 0 Å². The molecule has 1 atom stereocenters. The predicted molar refractivity (Wildman–Crippen MR) is 93.0 cm³/mol. The summed E-state index contributed by atoms with van der Waals surface area (Å²) < 4.78 is 0. The van der Waals surface area contributed by atoms with Gasteiger partial charge in [0.05, 0.1) is 0 Å². The lowest BCUT2D eigenvalue weighted by Crippen LogP contribution is -2.30. The van der Waals surface area contributed by atoms with Gasteiger partial charge < -0.3 is 5.32 Å². The predicted octanol–water partition coefficient (Wildman–Crippen LogP) is 5.47. The molecule has 0 amide bonds. The molecule has 2 rings (SSSR count). The zero-order valence-corrected chi connectivity index (χ0v) is 14.2. The smallest absolute Gasteiger partial charge is 0.0406 e. The molecular weight excluding hydrogens is 278 g/mol. The number of benzene rings is 1. The second-order valence-electron chi connectivity index (χ2n) is 6.55. The van der Waals surface area contributed by atoms with Crippen LogP contribution in [-0.4, -0.2) is 13.1 Å². The maximum absolute atomic E-state index is 6.01. The van der Waals surface area contributed by atoms with Crippen LogP contribution in [0.4, 0.5) is 0 Å². The molecule has 118 valence electrons.